The van der Waals surface area contributed by atoms with E-state index in [9.17, 15) is 5.11 Å². The third-order valence-corrected chi connectivity index (χ3v) is 4.41. The zero-order valence-corrected chi connectivity index (χ0v) is 13.0. The van der Waals surface area contributed by atoms with Gasteiger partial charge < -0.3 is 19.6 Å². The van der Waals surface area contributed by atoms with Crippen LogP contribution < -0.4 is 9.80 Å². The second-order valence-corrected chi connectivity index (χ2v) is 5.77. The van der Waals surface area contributed by atoms with Crippen molar-refractivity contribution >= 4 is 17.5 Å². The molecular formula is C17H20N4O2. The zero-order chi connectivity index (χ0) is 15.6. The minimum atomic E-state index is -0.0508. The molecule has 1 fully saturated rings. The summed E-state index contributed by atoms with van der Waals surface area (Å²) in [4.78, 5) is 13.8. The summed E-state index contributed by atoms with van der Waals surface area (Å²) in [5, 5.41) is 9.73. The largest absolute Gasteiger partial charge is 0.390 e. The summed E-state index contributed by atoms with van der Waals surface area (Å²) in [6.45, 7) is 3.77. The third-order valence-electron chi connectivity index (χ3n) is 4.41. The van der Waals surface area contributed by atoms with Crippen LogP contribution in [0.1, 0.15) is 11.3 Å². The minimum absolute atomic E-state index is 0.0508. The molecule has 0 amide bonds. The number of anilines is 3. The second-order valence-electron chi connectivity index (χ2n) is 5.77. The van der Waals surface area contributed by atoms with Crippen LogP contribution in [0.2, 0.25) is 0 Å². The minimum Gasteiger partial charge on any atom is -0.390 e. The van der Waals surface area contributed by atoms with Crippen molar-refractivity contribution in [1.82, 2.24) is 9.97 Å². The zero-order valence-electron chi connectivity index (χ0n) is 13.0. The summed E-state index contributed by atoms with van der Waals surface area (Å²) in [6.07, 6.45) is 0.865. The number of nitrogens with zero attached hydrogens (tertiary/aromatic N) is 4. The van der Waals surface area contributed by atoms with Crippen molar-refractivity contribution in [2.45, 2.75) is 13.0 Å². The molecule has 0 spiro atoms. The van der Waals surface area contributed by atoms with E-state index in [1.807, 2.05) is 18.2 Å². The van der Waals surface area contributed by atoms with E-state index in [-0.39, 0.29) is 6.61 Å². The quantitative estimate of drug-likeness (QED) is 0.927. The molecule has 0 saturated carbocycles. The lowest BCUT2D eigenvalue weighted by Gasteiger charge is -2.28. The number of fused-ring (bicyclic) bond motifs is 1. The summed E-state index contributed by atoms with van der Waals surface area (Å²) in [5.74, 6) is 1.62. The average molecular weight is 312 g/mol. The number of aliphatic hydroxyl groups excluding tert-OH is 1. The normalized spacial score (nSPS) is 17.4. The topological polar surface area (TPSA) is 61.7 Å². The molecule has 6 heteroatoms. The summed E-state index contributed by atoms with van der Waals surface area (Å²) >= 11 is 0. The van der Waals surface area contributed by atoms with Crippen LogP contribution in [0, 0.1) is 0 Å². The smallest absolute Gasteiger partial charge is 0.227 e. The molecular weight excluding hydrogens is 292 g/mol. The Morgan fingerprint density at radius 3 is 2.57 bits per heavy atom. The first-order chi connectivity index (χ1) is 11.4. The van der Waals surface area contributed by atoms with E-state index >= 15 is 0 Å². The SMILES string of the molecule is OCc1nc(N2CCOCC2)nc2c1CCN2c1ccccc1. The van der Waals surface area contributed by atoms with Crippen LogP contribution in [-0.4, -0.2) is 47.9 Å². The Balaban J connectivity index is 1.75. The Kier molecular flexibility index (Phi) is 3.85. The molecule has 3 heterocycles. The van der Waals surface area contributed by atoms with Gasteiger partial charge in [-0.15, -0.1) is 0 Å². The van der Waals surface area contributed by atoms with Crippen LogP contribution in [0.5, 0.6) is 0 Å². The fourth-order valence-electron chi connectivity index (χ4n) is 3.21. The molecule has 1 N–H and O–H groups in total. The fraction of sp³-hybridized carbons (Fsp3) is 0.412. The van der Waals surface area contributed by atoms with Crippen LogP contribution in [0.15, 0.2) is 30.3 Å². The molecule has 120 valence electrons. The molecule has 2 aromatic rings. The number of benzene rings is 1. The number of rotatable bonds is 3. The highest BCUT2D eigenvalue weighted by Crippen LogP contribution is 2.35. The number of para-hydroxylation sites is 1. The summed E-state index contributed by atoms with van der Waals surface area (Å²) in [5.41, 5.74) is 2.94. The van der Waals surface area contributed by atoms with Crippen LogP contribution in [-0.2, 0) is 17.8 Å². The van der Waals surface area contributed by atoms with Crippen molar-refractivity contribution in [1.29, 1.82) is 0 Å². The highest BCUT2D eigenvalue weighted by Gasteiger charge is 2.28. The summed E-state index contributed by atoms with van der Waals surface area (Å²) in [7, 11) is 0. The van der Waals surface area contributed by atoms with E-state index in [1.165, 1.54) is 0 Å². The van der Waals surface area contributed by atoms with Gasteiger partial charge >= 0.3 is 0 Å². The molecule has 0 bridgehead atoms. The van der Waals surface area contributed by atoms with Crippen LogP contribution in [0.4, 0.5) is 17.5 Å². The van der Waals surface area contributed by atoms with Crippen LogP contribution >= 0.6 is 0 Å². The van der Waals surface area contributed by atoms with Gasteiger partial charge in [0.05, 0.1) is 25.5 Å². The molecule has 0 radical (unpaired) electrons. The Morgan fingerprint density at radius 2 is 1.83 bits per heavy atom. The molecule has 1 saturated heterocycles. The fourth-order valence-corrected chi connectivity index (χ4v) is 3.21. The van der Waals surface area contributed by atoms with Crippen LogP contribution in [0.25, 0.3) is 0 Å². The average Bonchev–Trinajstić information content (AvgIpc) is 3.06. The molecule has 2 aliphatic heterocycles. The van der Waals surface area contributed by atoms with Crippen molar-refractivity contribution in [3.05, 3.63) is 41.6 Å². The number of ether oxygens (including phenoxy) is 1. The van der Waals surface area contributed by atoms with Gasteiger partial charge in [0.15, 0.2) is 0 Å². The van der Waals surface area contributed by atoms with E-state index < -0.39 is 0 Å². The van der Waals surface area contributed by atoms with Gasteiger partial charge in [0.25, 0.3) is 0 Å². The van der Waals surface area contributed by atoms with E-state index in [1.54, 1.807) is 0 Å². The monoisotopic (exact) mass is 312 g/mol. The van der Waals surface area contributed by atoms with Gasteiger partial charge in [-0.05, 0) is 18.6 Å². The maximum absolute atomic E-state index is 9.73. The van der Waals surface area contributed by atoms with Gasteiger partial charge in [0.1, 0.15) is 5.82 Å². The Bertz CT molecular complexity index is 686. The molecule has 2 aliphatic rings. The molecule has 6 nitrogen and oxygen atoms in total. The van der Waals surface area contributed by atoms with Crippen molar-refractivity contribution < 1.29 is 9.84 Å². The van der Waals surface area contributed by atoms with Gasteiger partial charge in [-0.3, -0.25) is 0 Å². The second kappa shape index (κ2) is 6.14. The first-order valence-corrected chi connectivity index (χ1v) is 8.03. The molecule has 0 unspecified atom stereocenters. The summed E-state index contributed by atoms with van der Waals surface area (Å²) < 4.78 is 5.40. The number of hydrogen-bond donors (Lipinski definition) is 1. The molecule has 0 atom stereocenters. The van der Waals surface area contributed by atoms with Crippen molar-refractivity contribution in [3.8, 4) is 0 Å². The van der Waals surface area contributed by atoms with Gasteiger partial charge in [-0.2, -0.15) is 4.98 Å². The van der Waals surface area contributed by atoms with Crippen molar-refractivity contribution in [3.63, 3.8) is 0 Å². The highest BCUT2D eigenvalue weighted by atomic mass is 16.5. The number of hydrogen-bond acceptors (Lipinski definition) is 6. The van der Waals surface area contributed by atoms with Crippen molar-refractivity contribution in [2.75, 3.05) is 42.6 Å². The predicted octanol–water partition coefficient (Wildman–Crippen LogP) is 1.50. The molecule has 23 heavy (non-hydrogen) atoms. The molecule has 0 aliphatic carbocycles. The maximum atomic E-state index is 9.73. The summed E-state index contributed by atoms with van der Waals surface area (Å²) in [6, 6.07) is 10.3. The Morgan fingerprint density at radius 1 is 1.04 bits per heavy atom. The van der Waals surface area contributed by atoms with Crippen molar-refractivity contribution in [2.24, 2.45) is 0 Å². The van der Waals surface area contributed by atoms with E-state index in [0.717, 1.165) is 48.8 Å². The van der Waals surface area contributed by atoms with E-state index in [4.69, 9.17) is 9.72 Å². The molecule has 1 aromatic heterocycles. The number of morpholine rings is 1. The first kappa shape index (κ1) is 14.4. The van der Waals surface area contributed by atoms with Crippen LogP contribution in [0.3, 0.4) is 0 Å². The van der Waals surface area contributed by atoms with Gasteiger partial charge in [-0.25, -0.2) is 4.98 Å². The lowest BCUT2D eigenvalue weighted by molar-refractivity contribution is 0.122. The standard InChI is InChI=1S/C17H20N4O2/c22-12-15-14-6-7-21(13-4-2-1-3-5-13)16(14)19-17(18-15)20-8-10-23-11-9-20/h1-5,22H,6-12H2. The van der Waals surface area contributed by atoms with E-state index in [2.05, 4.69) is 26.9 Å². The Hall–Kier alpha value is -2.18. The van der Waals surface area contributed by atoms with Gasteiger partial charge in [0.2, 0.25) is 5.95 Å². The lowest BCUT2D eigenvalue weighted by Crippen LogP contribution is -2.37. The predicted molar refractivity (Wildman–Crippen MR) is 88.1 cm³/mol. The van der Waals surface area contributed by atoms with Gasteiger partial charge in [-0.1, -0.05) is 18.2 Å². The maximum Gasteiger partial charge on any atom is 0.227 e. The number of aromatic nitrogens is 2. The van der Waals surface area contributed by atoms with Gasteiger partial charge in [0, 0.05) is 30.9 Å². The number of aliphatic hydroxyl groups is 1. The third kappa shape index (κ3) is 2.64. The Labute approximate surface area is 135 Å². The lowest BCUT2D eigenvalue weighted by atomic mass is 10.2. The van der Waals surface area contributed by atoms with E-state index in [0.29, 0.717) is 19.2 Å². The highest BCUT2D eigenvalue weighted by molar-refractivity contribution is 5.68. The molecule has 4 rings (SSSR count). The molecule has 1 aromatic carbocycles. The first-order valence-electron chi connectivity index (χ1n) is 8.03.